The molecule has 2 atom stereocenters. The van der Waals surface area contributed by atoms with Crippen molar-refractivity contribution in [2.24, 2.45) is 11.8 Å². The van der Waals surface area contributed by atoms with Gasteiger partial charge in [0.2, 0.25) is 5.91 Å². The Morgan fingerprint density at radius 2 is 1.88 bits per heavy atom. The van der Waals surface area contributed by atoms with Crippen LogP contribution in [-0.2, 0) is 4.79 Å². The minimum Gasteiger partial charge on any atom is -0.355 e. The first kappa shape index (κ1) is 22.0. The third-order valence-corrected chi connectivity index (χ3v) is 6.34. The van der Waals surface area contributed by atoms with Crippen LogP contribution in [0.3, 0.4) is 0 Å². The van der Waals surface area contributed by atoms with Gasteiger partial charge in [0.05, 0.1) is 12.1 Å². The molecule has 3 heterocycles. The largest absolute Gasteiger partial charge is 0.355 e. The summed E-state index contributed by atoms with van der Waals surface area (Å²) < 4.78 is 0. The number of urea groups is 1. The van der Waals surface area contributed by atoms with Crippen LogP contribution in [0.1, 0.15) is 31.2 Å². The van der Waals surface area contributed by atoms with Crippen molar-refractivity contribution in [3.63, 3.8) is 0 Å². The summed E-state index contributed by atoms with van der Waals surface area (Å²) in [5.41, 5.74) is 1.93. The zero-order valence-corrected chi connectivity index (χ0v) is 18.7. The molecule has 2 N–H and O–H groups in total. The quantitative estimate of drug-likeness (QED) is 0.752. The third kappa shape index (κ3) is 5.75. The number of likely N-dealkylation sites (tertiary alicyclic amines) is 1. The number of nitrogens with zero attached hydrogens (tertiary/aromatic N) is 4. The van der Waals surface area contributed by atoms with Crippen molar-refractivity contribution in [3.05, 3.63) is 48.4 Å². The summed E-state index contributed by atoms with van der Waals surface area (Å²) in [5.74, 6) is 1.33. The van der Waals surface area contributed by atoms with Crippen molar-refractivity contribution in [2.75, 3.05) is 42.9 Å². The Morgan fingerprint density at radius 1 is 1.06 bits per heavy atom. The molecule has 3 amide bonds. The molecule has 0 spiro atoms. The lowest BCUT2D eigenvalue weighted by Crippen LogP contribution is -2.49. The van der Waals surface area contributed by atoms with Gasteiger partial charge in [-0.15, -0.1) is 0 Å². The zero-order chi connectivity index (χ0) is 22.3. The fourth-order valence-corrected chi connectivity index (χ4v) is 4.58. The topological polar surface area (TPSA) is 90.5 Å². The highest BCUT2D eigenvalue weighted by molar-refractivity contribution is 5.89. The van der Waals surface area contributed by atoms with Gasteiger partial charge in [-0.1, -0.05) is 17.7 Å². The number of hydrogen-bond donors (Lipinski definition) is 2. The van der Waals surface area contributed by atoms with E-state index in [-0.39, 0.29) is 23.8 Å². The van der Waals surface area contributed by atoms with Crippen molar-refractivity contribution in [1.29, 1.82) is 0 Å². The second kappa shape index (κ2) is 10.4. The van der Waals surface area contributed by atoms with Gasteiger partial charge in [0, 0.05) is 50.8 Å². The van der Waals surface area contributed by atoms with Gasteiger partial charge in [-0.25, -0.2) is 9.78 Å². The van der Waals surface area contributed by atoms with Crippen LogP contribution in [-0.4, -0.2) is 59.5 Å². The number of nitrogens with one attached hydrogen (secondary N) is 2. The van der Waals surface area contributed by atoms with Crippen LogP contribution in [0, 0.1) is 18.8 Å². The molecule has 2 saturated heterocycles. The van der Waals surface area contributed by atoms with Crippen LogP contribution >= 0.6 is 0 Å². The number of anilines is 2. The SMILES string of the molecule is Cc1ccc(NC(=O)NCC2CCCN(C(=O)C3CCCN(c4cnccn4)C3)C2)cc1. The van der Waals surface area contributed by atoms with E-state index < -0.39 is 0 Å². The average Bonchev–Trinajstić information content (AvgIpc) is 2.84. The molecule has 32 heavy (non-hydrogen) atoms. The van der Waals surface area contributed by atoms with Crippen molar-refractivity contribution < 1.29 is 9.59 Å². The third-order valence-electron chi connectivity index (χ3n) is 6.34. The first-order valence-electron chi connectivity index (χ1n) is 11.5. The standard InChI is InChI=1S/C24H32N6O2/c1-18-6-8-21(9-7-18)28-24(32)27-14-19-4-2-13-30(16-19)23(31)20-5-3-12-29(17-20)22-15-25-10-11-26-22/h6-11,15,19-20H,2-5,12-14,16-17H2,1H3,(H2,27,28,32). The summed E-state index contributed by atoms with van der Waals surface area (Å²) in [7, 11) is 0. The predicted octanol–water partition coefficient (Wildman–Crippen LogP) is 3.06. The van der Waals surface area contributed by atoms with E-state index in [1.165, 1.54) is 0 Å². The van der Waals surface area contributed by atoms with E-state index in [1.54, 1.807) is 18.6 Å². The Balaban J connectivity index is 1.26. The lowest BCUT2D eigenvalue weighted by Gasteiger charge is -2.38. The Morgan fingerprint density at radius 3 is 2.66 bits per heavy atom. The maximum absolute atomic E-state index is 13.2. The molecule has 2 fully saturated rings. The maximum Gasteiger partial charge on any atom is 0.319 e. The molecular formula is C24H32N6O2. The van der Waals surface area contributed by atoms with Crippen molar-refractivity contribution >= 4 is 23.4 Å². The van der Waals surface area contributed by atoms with Crippen LogP contribution in [0.25, 0.3) is 0 Å². The molecule has 8 nitrogen and oxygen atoms in total. The van der Waals surface area contributed by atoms with E-state index in [9.17, 15) is 9.59 Å². The molecule has 8 heteroatoms. The number of carbonyl (C=O) groups excluding carboxylic acids is 2. The average molecular weight is 437 g/mol. The fraction of sp³-hybridized carbons (Fsp3) is 0.500. The Kier molecular flexibility index (Phi) is 7.19. The molecule has 4 rings (SSSR count). The first-order valence-corrected chi connectivity index (χ1v) is 11.5. The molecule has 2 aliphatic heterocycles. The number of piperidine rings is 2. The molecule has 1 aromatic heterocycles. The molecule has 2 aliphatic rings. The van der Waals surface area contributed by atoms with Gasteiger partial charge in [0.15, 0.2) is 0 Å². The molecule has 2 aromatic rings. The summed E-state index contributed by atoms with van der Waals surface area (Å²) >= 11 is 0. The number of rotatable bonds is 5. The molecule has 0 bridgehead atoms. The van der Waals surface area contributed by atoms with Gasteiger partial charge in [0.1, 0.15) is 5.82 Å². The monoisotopic (exact) mass is 436 g/mol. The zero-order valence-electron chi connectivity index (χ0n) is 18.7. The summed E-state index contributed by atoms with van der Waals surface area (Å²) in [6.45, 7) is 5.68. The molecule has 2 unspecified atom stereocenters. The predicted molar refractivity (Wildman–Crippen MR) is 124 cm³/mol. The second-order valence-electron chi connectivity index (χ2n) is 8.84. The van der Waals surface area contributed by atoms with Gasteiger partial charge in [0.25, 0.3) is 0 Å². The summed E-state index contributed by atoms with van der Waals surface area (Å²) in [6, 6.07) is 7.52. The van der Waals surface area contributed by atoms with Crippen molar-refractivity contribution in [2.45, 2.75) is 32.6 Å². The van der Waals surface area contributed by atoms with Crippen molar-refractivity contribution in [3.8, 4) is 0 Å². The fourth-order valence-electron chi connectivity index (χ4n) is 4.58. The molecule has 0 aliphatic carbocycles. The van der Waals surface area contributed by atoms with Gasteiger partial charge >= 0.3 is 6.03 Å². The summed E-state index contributed by atoms with van der Waals surface area (Å²) in [4.78, 5) is 38.2. The van der Waals surface area contributed by atoms with E-state index in [4.69, 9.17) is 0 Å². The van der Waals surface area contributed by atoms with Crippen LogP contribution in [0.4, 0.5) is 16.3 Å². The van der Waals surface area contributed by atoms with Crippen LogP contribution in [0.2, 0.25) is 0 Å². The molecule has 170 valence electrons. The number of amides is 3. The molecule has 1 aromatic carbocycles. The second-order valence-corrected chi connectivity index (χ2v) is 8.84. The van der Waals surface area contributed by atoms with Crippen LogP contribution in [0.15, 0.2) is 42.9 Å². The minimum atomic E-state index is -0.204. The number of aromatic nitrogens is 2. The number of aryl methyl sites for hydroxylation is 1. The summed E-state index contributed by atoms with van der Waals surface area (Å²) in [5, 5.41) is 5.84. The molecule has 0 saturated carbocycles. The normalized spacial score (nSPS) is 21.2. The lowest BCUT2D eigenvalue weighted by atomic mass is 9.93. The van der Waals surface area contributed by atoms with Gasteiger partial charge in [-0.2, -0.15) is 0 Å². The lowest BCUT2D eigenvalue weighted by molar-refractivity contribution is -0.137. The minimum absolute atomic E-state index is 0.0118. The van der Waals surface area contributed by atoms with E-state index in [2.05, 4.69) is 25.5 Å². The van der Waals surface area contributed by atoms with E-state index >= 15 is 0 Å². The smallest absolute Gasteiger partial charge is 0.319 e. The van der Waals surface area contributed by atoms with Gasteiger partial charge < -0.3 is 20.4 Å². The Labute approximate surface area is 189 Å². The van der Waals surface area contributed by atoms with Gasteiger partial charge in [-0.3, -0.25) is 9.78 Å². The highest BCUT2D eigenvalue weighted by atomic mass is 16.2. The number of benzene rings is 1. The maximum atomic E-state index is 13.2. The van der Waals surface area contributed by atoms with Crippen LogP contribution < -0.4 is 15.5 Å². The highest BCUT2D eigenvalue weighted by Crippen LogP contribution is 2.25. The first-order chi connectivity index (χ1) is 15.6. The summed E-state index contributed by atoms with van der Waals surface area (Å²) in [6.07, 6.45) is 9.00. The highest BCUT2D eigenvalue weighted by Gasteiger charge is 2.32. The van der Waals surface area contributed by atoms with Gasteiger partial charge in [-0.05, 0) is 50.7 Å². The van der Waals surface area contributed by atoms with E-state index in [0.717, 1.165) is 55.8 Å². The van der Waals surface area contributed by atoms with E-state index in [0.29, 0.717) is 19.6 Å². The number of hydrogen-bond acceptors (Lipinski definition) is 5. The van der Waals surface area contributed by atoms with Crippen LogP contribution in [0.5, 0.6) is 0 Å². The Hall–Kier alpha value is -3.16. The molecular weight excluding hydrogens is 404 g/mol. The Bertz CT molecular complexity index is 904. The number of carbonyl (C=O) groups is 2. The van der Waals surface area contributed by atoms with Crippen molar-refractivity contribution in [1.82, 2.24) is 20.2 Å². The van der Waals surface area contributed by atoms with E-state index in [1.807, 2.05) is 36.1 Å². The molecule has 0 radical (unpaired) electrons.